The molecular weight excluding hydrogens is 337 g/mol. The number of nitrogens with zero attached hydrogens (tertiary/aromatic N) is 3. The predicted molar refractivity (Wildman–Crippen MR) is 92.6 cm³/mol. The highest BCUT2D eigenvalue weighted by Gasteiger charge is 2.46. The number of nitrogens with one attached hydrogen (secondary N) is 2. The molecule has 8 heteroatoms. The van der Waals surface area contributed by atoms with Crippen molar-refractivity contribution in [3.63, 3.8) is 0 Å². The summed E-state index contributed by atoms with van der Waals surface area (Å²) in [6.45, 7) is 2.48. The summed E-state index contributed by atoms with van der Waals surface area (Å²) in [4.78, 5) is 32.3. The van der Waals surface area contributed by atoms with Gasteiger partial charge in [-0.05, 0) is 30.4 Å². The molecule has 26 heavy (non-hydrogen) atoms. The molecule has 0 radical (unpaired) electrons. The fraction of sp³-hybridized carbons (Fsp3) is 0.611. The maximum Gasteiger partial charge on any atom is 0.258 e. The number of hydrogen-bond acceptors (Lipinski definition) is 5. The third-order valence-electron chi connectivity index (χ3n) is 5.44. The summed E-state index contributed by atoms with van der Waals surface area (Å²) in [5.74, 6) is -0.181. The largest absolute Gasteiger partial charge is 0.340 e. The Morgan fingerprint density at radius 3 is 2.69 bits per heavy atom. The van der Waals surface area contributed by atoms with Crippen molar-refractivity contribution in [1.29, 1.82) is 0 Å². The molecule has 7 nitrogen and oxygen atoms in total. The molecule has 1 aromatic heterocycles. The predicted octanol–water partition coefficient (Wildman–Crippen LogP) is -0.112. The van der Waals surface area contributed by atoms with E-state index in [2.05, 4.69) is 20.5 Å². The van der Waals surface area contributed by atoms with Crippen LogP contribution in [0.3, 0.4) is 0 Å². The van der Waals surface area contributed by atoms with Crippen molar-refractivity contribution in [1.82, 2.24) is 25.4 Å². The summed E-state index contributed by atoms with van der Waals surface area (Å²) in [5.41, 5.74) is 0.905. The molecule has 0 aromatic carbocycles. The van der Waals surface area contributed by atoms with Crippen molar-refractivity contribution in [3.8, 4) is 0 Å². The van der Waals surface area contributed by atoms with Crippen LogP contribution in [-0.2, 0) is 16.0 Å². The summed E-state index contributed by atoms with van der Waals surface area (Å²) in [7, 11) is 0. The van der Waals surface area contributed by atoms with Crippen molar-refractivity contribution in [2.75, 3.05) is 26.2 Å². The topological polar surface area (TPSA) is 77.6 Å². The van der Waals surface area contributed by atoms with Gasteiger partial charge in [-0.1, -0.05) is 6.07 Å². The maximum atomic E-state index is 14.1. The van der Waals surface area contributed by atoms with Crippen molar-refractivity contribution < 1.29 is 14.0 Å². The molecule has 3 fully saturated rings. The molecule has 3 unspecified atom stereocenters. The minimum atomic E-state index is -1.47. The van der Waals surface area contributed by atoms with E-state index in [9.17, 15) is 14.0 Å². The van der Waals surface area contributed by atoms with Crippen LogP contribution in [0.2, 0.25) is 0 Å². The first kappa shape index (κ1) is 17.4. The van der Waals surface area contributed by atoms with Crippen LogP contribution in [0.5, 0.6) is 0 Å². The molecule has 0 spiro atoms. The first-order valence-corrected chi connectivity index (χ1v) is 9.23. The first-order chi connectivity index (χ1) is 12.6. The molecule has 140 valence electrons. The van der Waals surface area contributed by atoms with Crippen LogP contribution in [-0.4, -0.2) is 71.3 Å². The molecule has 3 heterocycles. The van der Waals surface area contributed by atoms with Gasteiger partial charge in [0.15, 0.2) is 6.17 Å². The van der Waals surface area contributed by atoms with Gasteiger partial charge in [-0.3, -0.25) is 24.8 Å². The molecule has 2 N–H and O–H groups in total. The Morgan fingerprint density at radius 1 is 1.27 bits per heavy atom. The zero-order valence-corrected chi connectivity index (χ0v) is 14.6. The zero-order chi connectivity index (χ0) is 18.1. The molecule has 2 amide bonds. The number of amides is 2. The zero-order valence-electron chi connectivity index (χ0n) is 14.6. The third-order valence-corrected chi connectivity index (χ3v) is 5.44. The molecule has 4 rings (SSSR count). The van der Waals surface area contributed by atoms with Crippen LogP contribution in [0, 0.1) is 5.92 Å². The van der Waals surface area contributed by atoms with Crippen LogP contribution in [0.25, 0.3) is 0 Å². The minimum absolute atomic E-state index is 0.0815. The lowest BCUT2D eigenvalue weighted by Gasteiger charge is -2.43. The Hall–Kier alpha value is -2.06. The number of rotatable bonds is 4. The Labute approximate surface area is 151 Å². The fourth-order valence-electron chi connectivity index (χ4n) is 3.73. The van der Waals surface area contributed by atoms with Gasteiger partial charge in [0, 0.05) is 38.6 Å². The number of pyridine rings is 1. The van der Waals surface area contributed by atoms with E-state index in [0.29, 0.717) is 32.6 Å². The van der Waals surface area contributed by atoms with E-state index in [4.69, 9.17) is 0 Å². The SMILES string of the molecule is O=C1NC(N2CCN(C(=O)Cc3cccnc3)CC2)NC(C2CC2)C1F. The molecule has 2 aliphatic heterocycles. The summed E-state index contributed by atoms with van der Waals surface area (Å²) in [6.07, 6.45) is 3.88. The van der Waals surface area contributed by atoms with Gasteiger partial charge < -0.3 is 10.2 Å². The first-order valence-electron chi connectivity index (χ1n) is 9.23. The van der Waals surface area contributed by atoms with Gasteiger partial charge in [-0.2, -0.15) is 0 Å². The second-order valence-electron chi connectivity index (χ2n) is 7.30. The van der Waals surface area contributed by atoms with Crippen LogP contribution in [0.15, 0.2) is 24.5 Å². The molecular formula is C18H24FN5O2. The molecule has 2 saturated heterocycles. The maximum absolute atomic E-state index is 14.1. The lowest BCUT2D eigenvalue weighted by molar-refractivity contribution is -0.138. The van der Waals surface area contributed by atoms with Crippen molar-refractivity contribution >= 4 is 11.8 Å². The van der Waals surface area contributed by atoms with Gasteiger partial charge in [-0.25, -0.2) is 4.39 Å². The van der Waals surface area contributed by atoms with Gasteiger partial charge in [0.1, 0.15) is 6.29 Å². The van der Waals surface area contributed by atoms with E-state index >= 15 is 0 Å². The summed E-state index contributed by atoms with van der Waals surface area (Å²) >= 11 is 0. The molecule has 1 aromatic rings. The van der Waals surface area contributed by atoms with Gasteiger partial charge in [0.05, 0.1) is 12.5 Å². The van der Waals surface area contributed by atoms with Crippen LogP contribution in [0.4, 0.5) is 4.39 Å². The minimum Gasteiger partial charge on any atom is -0.340 e. The molecule has 1 aliphatic carbocycles. The number of alkyl halides is 1. The van der Waals surface area contributed by atoms with E-state index in [1.807, 2.05) is 17.0 Å². The van der Waals surface area contributed by atoms with Crippen molar-refractivity contribution in [3.05, 3.63) is 30.1 Å². The van der Waals surface area contributed by atoms with Crippen LogP contribution < -0.4 is 10.6 Å². The summed E-state index contributed by atoms with van der Waals surface area (Å²) in [5, 5.41) is 5.98. The second kappa shape index (κ2) is 7.28. The second-order valence-corrected chi connectivity index (χ2v) is 7.30. The number of aromatic nitrogens is 1. The van der Waals surface area contributed by atoms with Gasteiger partial charge >= 0.3 is 0 Å². The molecule has 0 bridgehead atoms. The highest BCUT2D eigenvalue weighted by molar-refractivity contribution is 5.82. The Kier molecular flexibility index (Phi) is 4.86. The number of piperazine rings is 1. The van der Waals surface area contributed by atoms with Crippen LogP contribution in [0.1, 0.15) is 18.4 Å². The fourth-order valence-corrected chi connectivity index (χ4v) is 3.73. The van der Waals surface area contributed by atoms with Crippen molar-refractivity contribution in [2.45, 2.75) is 37.8 Å². The molecule has 1 saturated carbocycles. The average molecular weight is 361 g/mol. The van der Waals surface area contributed by atoms with Gasteiger partial charge in [0.2, 0.25) is 5.91 Å². The highest BCUT2D eigenvalue weighted by Crippen LogP contribution is 2.36. The summed E-state index contributed by atoms with van der Waals surface area (Å²) in [6, 6.07) is 3.33. The lowest BCUT2D eigenvalue weighted by atomic mass is 10.0. The van der Waals surface area contributed by atoms with Gasteiger partial charge in [-0.15, -0.1) is 0 Å². The van der Waals surface area contributed by atoms with Crippen LogP contribution >= 0.6 is 0 Å². The Bertz CT molecular complexity index is 661. The number of hydrogen-bond donors (Lipinski definition) is 2. The number of halogens is 1. The molecule has 3 atom stereocenters. The van der Waals surface area contributed by atoms with E-state index in [-0.39, 0.29) is 24.2 Å². The number of carbonyl (C=O) groups excluding carboxylic acids is 2. The Balaban J connectivity index is 1.30. The Morgan fingerprint density at radius 2 is 2.04 bits per heavy atom. The third kappa shape index (κ3) is 3.71. The van der Waals surface area contributed by atoms with E-state index in [1.54, 1.807) is 12.4 Å². The van der Waals surface area contributed by atoms with Gasteiger partial charge in [0.25, 0.3) is 5.91 Å². The standard InChI is InChI=1S/C18H24FN5O2/c19-15-16(13-3-4-13)21-18(22-17(15)26)24-8-6-23(7-9-24)14(25)10-12-2-1-5-20-11-12/h1-2,5,11,13,15-16,18,21H,3-4,6-10H2,(H,22,26). The number of carbonyl (C=O) groups is 2. The van der Waals surface area contributed by atoms with E-state index < -0.39 is 12.1 Å². The quantitative estimate of drug-likeness (QED) is 0.782. The molecule has 3 aliphatic rings. The lowest BCUT2D eigenvalue weighted by Crippen LogP contribution is -2.70. The smallest absolute Gasteiger partial charge is 0.258 e. The van der Waals surface area contributed by atoms with Crippen molar-refractivity contribution in [2.24, 2.45) is 5.92 Å². The summed E-state index contributed by atoms with van der Waals surface area (Å²) < 4.78 is 14.1. The van der Waals surface area contributed by atoms with E-state index in [0.717, 1.165) is 18.4 Å². The normalized spacial score (nSPS) is 30.1. The van der Waals surface area contributed by atoms with E-state index in [1.165, 1.54) is 0 Å². The monoisotopic (exact) mass is 361 g/mol. The highest BCUT2D eigenvalue weighted by atomic mass is 19.1. The average Bonchev–Trinajstić information content (AvgIpc) is 3.50.